The van der Waals surface area contributed by atoms with E-state index in [1.54, 1.807) is 6.07 Å². The molecule has 0 fully saturated rings. The molecule has 0 saturated carbocycles. The first-order valence-corrected chi connectivity index (χ1v) is 4.47. The van der Waals surface area contributed by atoms with Crippen LogP contribution in [-0.4, -0.2) is 7.11 Å². The standard InChI is InChI=1S/C10H12ClFO/c1-6(2)7-4-10(13-3)8(11)5-9(7)12/h4-6H,1-3H3. The van der Waals surface area contributed by atoms with Gasteiger partial charge in [0.2, 0.25) is 0 Å². The second-order valence-electron chi connectivity index (χ2n) is 3.16. The lowest BCUT2D eigenvalue weighted by Gasteiger charge is -2.10. The Balaban J connectivity index is 3.22. The van der Waals surface area contributed by atoms with E-state index >= 15 is 0 Å². The van der Waals surface area contributed by atoms with E-state index in [0.29, 0.717) is 16.3 Å². The summed E-state index contributed by atoms with van der Waals surface area (Å²) in [6.07, 6.45) is 0. The zero-order valence-electron chi connectivity index (χ0n) is 7.90. The Kier molecular flexibility index (Phi) is 3.15. The second-order valence-corrected chi connectivity index (χ2v) is 3.57. The van der Waals surface area contributed by atoms with Gasteiger partial charge >= 0.3 is 0 Å². The minimum atomic E-state index is -0.277. The van der Waals surface area contributed by atoms with Crippen molar-refractivity contribution in [1.29, 1.82) is 0 Å². The summed E-state index contributed by atoms with van der Waals surface area (Å²) in [6.45, 7) is 3.84. The summed E-state index contributed by atoms with van der Waals surface area (Å²) in [6, 6.07) is 2.93. The average molecular weight is 203 g/mol. The van der Waals surface area contributed by atoms with E-state index in [1.807, 2.05) is 13.8 Å². The Morgan fingerprint density at radius 2 is 2.00 bits per heavy atom. The molecule has 0 aliphatic rings. The van der Waals surface area contributed by atoms with E-state index in [4.69, 9.17) is 16.3 Å². The highest BCUT2D eigenvalue weighted by Gasteiger charge is 2.11. The van der Waals surface area contributed by atoms with Crippen LogP contribution < -0.4 is 4.74 Å². The molecule has 1 rings (SSSR count). The van der Waals surface area contributed by atoms with E-state index in [1.165, 1.54) is 13.2 Å². The molecule has 3 heteroatoms. The van der Waals surface area contributed by atoms with E-state index < -0.39 is 0 Å². The van der Waals surface area contributed by atoms with Gasteiger partial charge in [-0.25, -0.2) is 4.39 Å². The first-order chi connectivity index (χ1) is 6.06. The molecule has 0 radical (unpaired) electrons. The molecular weight excluding hydrogens is 191 g/mol. The highest BCUT2D eigenvalue weighted by Crippen LogP contribution is 2.30. The molecule has 1 nitrogen and oxygen atoms in total. The topological polar surface area (TPSA) is 9.23 Å². The third-order valence-corrected chi connectivity index (χ3v) is 2.19. The van der Waals surface area contributed by atoms with Gasteiger partial charge in [0.25, 0.3) is 0 Å². The van der Waals surface area contributed by atoms with Crippen LogP contribution in [0.5, 0.6) is 5.75 Å². The van der Waals surface area contributed by atoms with Crippen LogP contribution >= 0.6 is 11.6 Å². The quantitative estimate of drug-likeness (QED) is 0.712. The van der Waals surface area contributed by atoms with Crippen LogP contribution in [0.2, 0.25) is 5.02 Å². The number of hydrogen-bond donors (Lipinski definition) is 0. The van der Waals surface area contributed by atoms with Gasteiger partial charge in [-0.1, -0.05) is 25.4 Å². The fraction of sp³-hybridized carbons (Fsp3) is 0.400. The Bertz CT molecular complexity index is 310. The van der Waals surface area contributed by atoms with Gasteiger partial charge < -0.3 is 4.74 Å². The van der Waals surface area contributed by atoms with Crippen molar-refractivity contribution < 1.29 is 9.13 Å². The third kappa shape index (κ3) is 2.13. The molecule has 0 aliphatic heterocycles. The Morgan fingerprint density at radius 3 is 2.46 bits per heavy atom. The lowest BCUT2D eigenvalue weighted by molar-refractivity contribution is 0.412. The fourth-order valence-corrected chi connectivity index (χ4v) is 1.37. The minimum absolute atomic E-state index is 0.131. The van der Waals surface area contributed by atoms with Crippen LogP contribution in [0.3, 0.4) is 0 Å². The molecule has 72 valence electrons. The Hall–Kier alpha value is -0.760. The highest BCUT2D eigenvalue weighted by atomic mass is 35.5. The van der Waals surface area contributed by atoms with Gasteiger partial charge in [-0.3, -0.25) is 0 Å². The Morgan fingerprint density at radius 1 is 1.38 bits per heavy atom. The maximum absolute atomic E-state index is 13.3. The van der Waals surface area contributed by atoms with Gasteiger partial charge in [-0.15, -0.1) is 0 Å². The predicted molar refractivity (Wildman–Crippen MR) is 52.1 cm³/mol. The molecule has 0 bridgehead atoms. The predicted octanol–water partition coefficient (Wildman–Crippen LogP) is 3.61. The van der Waals surface area contributed by atoms with Gasteiger partial charge in [-0.05, 0) is 23.6 Å². The van der Waals surface area contributed by atoms with Crippen molar-refractivity contribution in [3.63, 3.8) is 0 Å². The monoisotopic (exact) mass is 202 g/mol. The zero-order valence-corrected chi connectivity index (χ0v) is 8.65. The van der Waals surface area contributed by atoms with Crippen LogP contribution in [0.15, 0.2) is 12.1 Å². The number of halogens is 2. The van der Waals surface area contributed by atoms with Gasteiger partial charge in [0.05, 0.1) is 12.1 Å². The second kappa shape index (κ2) is 3.97. The van der Waals surface area contributed by atoms with Crippen molar-refractivity contribution in [2.24, 2.45) is 0 Å². The SMILES string of the molecule is COc1cc(C(C)C)c(F)cc1Cl. The van der Waals surface area contributed by atoms with Crippen LogP contribution in [0.1, 0.15) is 25.3 Å². The van der Waals surface area contributed by atoms with E-state index in [9.17, 15) is 4.39 Å². The number of benzene rings is 1. The van der Waals surface area contributed by atoms with E-state index in [0.717, 1.165) is 0 Å². The minimum Gasteiger partial charge on any atom is -0.495 e. The molecule has 0 N–H and O–H groups in total. The molecule has 1 aromatic carbocycles. The van der Waals surface area contributed by atoms with Crippen molar-refractivity contribution in [1.82, 2.24) is 0 Å². The largest absolute Gasteiger partial charge is 0.495 e. The highest BCUT2D eigenvalue weighted by molar-refractivity contribution is 6.32. The summed E-state index contributed by atoms with van der Waals surface area (Å²) in [4.78, 5) is 0. The van der Waals surface area contributed by atoms with Crippen molar-refractivity contribution in [2.75, 3.05) is 7.11 Å². The maximum atomic E-state index is 13.3. The van der Waals surface area contributed by atoms with Crippen molar-refractivity contribution in [2.45, 2.75) is 19.8 Å². The molecule has 0 unspecified atom stereocenters. The van der Waals surface area contributed by atoms with E-state index in [2.05, 4.69) is 0 Å². The first kappa shape index (κ1) is 10.3. The molecule has 13 heavy (non-hydrogen) atoms. The molecule has 1 aromatic rings. The number of methoxy groups -OCH3 is 1. The molecule has 0 heterocycles. The molecule has 0 aliphatic carbocycles. The van der Waals surface area contributed by atoms with Crippen LogP contribution in [0.25, 0.3) is 0 Å². The average Bonchev–Trinajstić information content (AvgIpc) is 2.03. The first-order valence-electron chi connectivity index (χ1n) is 4.09. The summed E-state index contributed by atoms with van der Waals surface area (Å²) >= 11 is 5.74. The Labute approximate surface area is 82.5 Å². The molecular formula is C10H12ClFO. The van der Waals surface area contributed by atoms with E-state index in [-0.39, 0.29) is 11.7 Å². The lowest BCUT2D eigenvalue weighted by Crippen LogP contribution is -1.95. The van der Waals surface area contributed by atoms with Gasteiger partial charge in [0.1, 0.15) is 11.6 Å². The maximum Gasteiger partial charge on any atom is 0.137 e. The van der Waals surface area contributed by atoms with Crippen molar-refractivity contribution >= 4 is 11.6 Å². The normalized spacial score (nSPS) is 10.6. The fourth-order valence-electron chi connectivity index (χ4n) is 1.14. The summed E-state index contributed by atoms with van der Waals surface area (Å²) in [5.41, 5.74) is 0.626. The van der Waals surface area contributed by atoms with Crippen molar-refractivity contribution in [3.8, 4) is 5.75 Å². The molecule has 0 aromatic heterocycles. The molecule has 0 spiro atoms. The number of ether oxygens (including phenoxy) is 1. The summed E-state index contributed by atoms with van der Waals surface area (Å²) in [5.74, 6) is 0.374. The summed E-state index contributed by atoms with van der Waals surface area (Å²) < 4.78 is 18.3. The van der Waals surface area contributed by atoms with Crippen LogP contribution in [-0.2, 0) is 0 Å². The summed E-state index contributed by atoms with van der Waals surface area (Å²) in [7, 11) is 1.52. The van der Waals surface area contributed by atoms with Gasteiger partial charge in [0, 0.05) is 0 Å². The molecule has 0 atom stereocenters. The zero-order chi connectivity index (χ0) is 10.0. The third-order valence-electron chi connectivity index (χ3n) is 1.89. The van der Waals surface area contributed by atoms with Crippen LogP contribution in [0, 0.1) is 5.82 Å². The summed E-state index contributed by atoms with van der Waals surface area (Å²) in [5, 5.41) is 0.310. The number of rotatable bonds is 2. The smallest absolute Gasteiger partial charge is 0.137 e. The molecule has 0 saturated heterocycles. The van der Waals surface area contributed by atoms with Crippen LogP contribution in [0.4, 0.5) is 4.39 Å². The van der Waals surface area contributed by atoms with Gasteiger partial charge in [0.15, 0.2) is 0 Å². The lowest BCUT2D eigenvalue weighted by atomic mass is 10.0. The van der Waals surface area contributed by atoms with Crippen molar-refractivity contribution in [3.05, 3.63) is 28.5 Å². The molecule has 0 amide bonds. The van der Waals surface area contributed by atoms with Gasteiger partial charge in [-0.2, -0.15) is 0 Å². The number of hydrogen-bond acceptors (Lipinski definition) is 1.